The van der Waals surface area contributed by atoms with Gasteiger partial charge in [-0.1, -0.05) is 17.3 Å². The van der Waals surface area contributed by atoms with Gasteiger partial charge >= 0.3 is 0 Å². The Morgan fingerprint density at radius 2 is 1.96 bits per heavy atom. The van der Waals surface area contributed by atoms with Crippen LogP contribution < -0.4 is 0 Å². The number of carbonyl (C=O) groups is 1. The zero-order chi connectivity index (χ0) is 16.4. The number of ether oxygens (including phenoxy) is 2. The number of nitrogens with zero attached hydrogens (tertiary/aromatic N) is 2. The van der Waals surface area contributed by atoms with Crippen LogP contribution in [-0.2, 0) is 20.7 Å². The van der Waals surface area contributed by atoms with Gasteiger partial charge in [-0.05, 0) is 31.4 Å². The first-order valence-corrected chi connectivity index (χ1v) is 8.59. The van der Waals surface area contributed by atoms with Gasteiger partial charge in [-0.25, -0.2) is 0 Å². The zero-order valence-electron chi connectivity index (χ0n) is 13.7. The molecule has 2 aliphatic rings. The summed E-state index contributed by atoms with van der Waals surface area (Å²) in [6.45, 7) is 3.45. The van der Waals surface area contributed by atoms with E-state index in [1.54, 1.807) is 0 Å². The van der Waals surface area contributed by atoms with E-state index in [2.05, 4.69) is 5.16 Å². The number of hydrogen-bond donors (Lipinski definition) is 0. The molecule has 1 amide bonds. The van der Waals surface area contributed by atoms with Crippen LogP contribution in [0.15, 0.2) is 28.8 Å². The van der Waals surface area contributed by atoms with E-state index in [4.69, 9.17) is 14.0 Å². The van der Waals surface area contributed by atoms with Gasteiger partial charge in [0.25, 0.3) is 0 Å². The fourth-order valence-electron chi connectivity index (χ4n) is 3.60. The first-order chi connectivity index (χ1) is 11.8. The van der Waals surface area contributed by atoms with Crippen LogP contribution in [0.4, 0.5) is 0 Å². The van der Waals surface area contributed by atoms with Crippen molar-refractivity contribution in [1.29, 1.82) is 0 Å². The Hall–Kier alpha value is -1.92. The summed E-state index contributed by atoms with van der Waals surface area (Å²) in [5.74, 6) is 0.0850. The Kier molecular flexibility index (Phi) is 4.24. The standard InChI is InChI=1S/C18H22N2O4/c21-17(13-15-14-3-1-2-4-16(14)24-19-15)20-8-5-18(23-12-9-20)6-10-22-11-7-18/h1-4H,5-13H2. The number of aromatic nitrogens is 1. The van der Waals surface area contributed by atoms with E-state index < -0.39 is 0 Å². The lowest BCUT2D eigenvalue weighted by Crippen LogP contribution is -2.40. The van der Waals surface area contributed by atoms with E-state index >= 15 is 0 Å². The Labute approximate surface area is 140 Å². The van der Waals surface area contributed by atoms with Crippen LogP contribution in [0.3, 0.4) is 0 Å². The first kappa shape index (κ1) is 15.6. The van der Waals surface area contributed by atoms with Gasteiger partial charge in [0.2, 0.25) is 5.91 Å². The number of fused-ring (bicyclic) bond motifs is 1. The molecule has 1 aromatic carbocycles. The monoisotopic (exact) mass is 330 g/mol. The predicted molar refractivity (Wildman–Crippen MR) is 87.6 cm³/mol. The average molecular weight is 330 g/mol. The minimum absolute atomic E-state index is 0.0850. The molecule has 0 saturated carbocycles. The van der Waals surface area contributed by atoms with Crippen molar-refractivity contribution in [2.75, 3.05) is 32.9 Å². The SMILES string of the molecule is O=C(Cc1noc2ccccc12)N1CCOC2(CCOCC2)CC1. The second kappa shape index (κ2) is 6.53. The fraction of sp³-hybridized carbons (Fsp3) is 0.556. The first-order valence-electron chi connectivity index (χ1n) is 8.59. The van der Waals surface area contributed by atoms with E-state index in [0.29, 0.717) is 18.8 Å². The lowest BCUT2D eigenvalue weighted by atomic mass is 9.90. The highest BCUT2D eigenvalue weighted by Gasteiger charge is 2.36. The number of rotatable bonds is 2. The molecular formula is C18H22N2O4. The van der Waals surface area contributed by atoms with E-state index in [0.717, 1.165) is 50.0 Å². The van der Waals surface area contributed by atoms with Gasteiger partial charge in [-0.15, -0.1) is 0 Å². The van der Waals surface area contributed by atoms with Gasteiger partial charge in [0, 0.05) is 31.7 Å². The third-order valence-corrected chi connectivity index (χ3v) is 5.13. The van der Waals surface area contributed by atoms with Crippen molar-refractivity contribution in [1.82, 2.24) is 10.1 Å². The van der Waals surface area contributed by atoms with Crippen LogP contribution in [0, 0.1) is 0 Å². The number of para-hydroxylation sites is 1. The van der Waals surface area contributed by atoms with Gasteiger partial charge in [0.05, 0.1) is 18.6 Å². The topological polar surface area (TPSA) is 64.8 Å². The smallest absolute Gasteiger partial charge is 0.228 e. The van der Waals surface area contributed by atoms with Crippen molar-refractivity contribution < 1.29 is 18.8 Å². The zero-order valence-corrected chi connectivity index (χ0v) is 13.7. The van der Waals surface area contributed by atoms with Gasteiger partial charge in [0.1, 0.15) is 5.69 Å². The molecule has 0 bridgehead atoms. The fourth-order valence-corrected chi connectivity index (χ4v) is 3.60. The second-order valence-electron chi connectivity index (χ2n) is 6.58. The third-order valence-electron chi connectivity index (χ3n) is 5.13. The molecular weight excluding hydrogens is 308 g/mol. The molecule has 0 unspecified atom stereocenters. The summed E-state index contributed by atoms with van der Waals surface area (Å²) in [5.41, 5.74) is 1.33. The lowest BCUT2D eigenvalue weighted by Gasteiger charge is -2.35. The molecule has 2 saturated heterocycles. The van der Waals surface area contributed by atoms with Gasteiger partial charge in [0.15, 0.2) is 5.58 Å². The van der Waals surface area contributed by atoms with Crippen LogP contribution in [-0.4, -0.2) is 54.5 Å². The molecule has 2 aromatic rings. The van der Waals surface area contributed by atoms with Crippen molar-refractivity contribution in [2.45, 2.75) is 31.3 Å². The van der Waals surface area contributed by atoms with E-state index in [1.165, 1.54) is 0 Å². The van der Waals surface area contributed by atoms with Crippen LogP contribution in [0.1, 0.15) is 25.0 Å². The molecule has 0 N–H and O–H groups in total. The number of hydrogen-bond acceptors (Lipinski definition) is 5. The van der Waals surface area contributed by atoms with Gasteiger partial charge < -0.3 is 18.9 Å². The highest BCUT2D eigenvalue weighted by molar-refractivity contribution is 5.86. The minimum Gasteiger partial charge on any atom is -0.381 e. The minimum atomic E-state index is -0.103. The molecule has 1 aromatic heterocycles. The number of carbonyl (C=O) groups excluding carboxylic acids is 1. The molecule has 0 radical (unpaired) electrons. The van der Waals surface area contributed by atoms with Crippen LogP contribution in [0.2, 0.25) is 0 Å². The van der Waals surface area contributed by atoms with Crippen molar-refractivity contribution >= 4 is 16.9 Å². The summed E-state index contributed by atoms with van der Waals surface area (Å²) < 4.78 is 16.8. The molecule has 6 nitrogen and oxygen atoms in total. The Balaban J connectivity index is 1.43. The highest BCUT2D eigenvalue weighted by atomic mass is 16.5. The number of benzene rings is 1. The van der Waals surface area contributed by atoms with Crippen LogP contribution in [0.5, 0.6) is 0 Å². The molecule has 2 fully saturated rings. The summed E-state index contributed by atoms with van der Waals surface area (Å²) in [6, 6.07) is 7.64. The maximum atomic E-state index is 12.7. The Morgan fingerprint density at radius 3 is 2.83 bits per heavy atom. The molecule has 2 aliphatic heterocycles. The van der Waals surface area contributed by atoms with E-state index in [9.17, 15) is 4.79 Å². The highest BCUT2D eigenvalue weighted by Crippen LogP contribution is 2.31. The summed E-state index contributed by atoms with van der Waals surface area (Å²) >= 11 is 0. The molecule has 1 spiro atoms. The third kappa shape index (κ3) is 3.03. The molecule has 0 aliphatic carbocycles. The molecule has 128 valence electrons. The molecule has 6 heteroatoms. The maximum Gasteiger partial charge on any atom is 0.228 e. The summed E-state index contributed by atoms with van der Waals surface area (Å²) in [7, 11) is 0. The van der Waals surface area contributed by atoms with Gasteiger partial charge in [-0.2, -0.15) is 0 Å². The largest absolute Gasteiger partial charge is 0.381 e. The quantitative estimate of drug-likeness (QED) is 0.844. The molecule has 3 heterocycles. The van der Waals surface area contributed by atoms with Crippen molar-refractivity contribution in [2.24, 2.45) is 0 Å². The average Bonchev–Trinajstić information content (AvgIpc) is 2.90. The van der Waals surface area contributed by atoms with Crippen molar-refractivity contribution in [3.8, 4) is 0 Å². The lowest BCUT2D eigenvalue weighted by molar-refractivity contribution is -0.130. The summed E-state index contributed by atoms with van der Waals surface area (Å²) in [6.07, 6.45) is 2.99. The Bertz CT molecular complexity index is 721. The van der Waals surface area contributed by atoms with E-state index in [1.807, 2.05) is 29.2 Å². The second-order valence-corrected chi connectivity index (χ2v) is 6.58. The molecule has 24 heavy (non-hydrogen) atoms. The summed E-state index contributed by atoms with van der Waals surface area (Å²) in [4.78, 5) is 14.6. The van der Waals surface area contributed by atoms with Crippen LogP contribution >= 0.6 is 0 Å². The predicted octanol–water partition coefficient (Wildman–Crippen LogP) is 2.17. The van der Waals surface area contributed by atoms with Gasteiger partial charge in [-0.3, -0.25) is 4.79 Å². The van der Waals surface area contributed by atoms with Crippen LogP contribution in [0.25, 0.3) is 11.0 Å². The molecule has 4 rings (SSSR count). The molecule has 0 atom stereocenters. The maximum absolute atomic E-state index is 12.7. The van der Waals surface area contributed by atoms with Crippen molar-refractivity contribution in [3.63, 3.8) is 0 Å². The summed E-state index contributed by atoms with van der Waals surface area (Å²) in [5, 5.41) is 4.98. The Morgan fingerprint density at radius 1 is 1.12 bits per heavy atom. The normalized spacial score (nSPS) is 21.1. The van der Waals surface area contributed by atoms with Crippen molar-refractivity contribution in [3.05, 3.63) is 30.0 Å². The number of amides is 1. The van der Waals surface area contributed by atoms with E-state index in [-0.39, 0.29) is 17.9 Å².